The second-order valence-electron chi connectivity index (χ2n) is 5.21. The third kappa shape index (κ3) is 8.91. The summed E-state index contributed by atoms with van der Waals surface area (Å²) in [7, 11) is 0. The van der Waals surface area contributed by atoms with Crippen LogP contribution in [0.1, 0.15) is 12.8 Å². The zero-order chi connectivity index (χ0) is 20.3. The molecule has 0 aromatic heterocycles. The normalized spacial score (nSPS) is 13.8. The molecule has 0 saturated carbocycles. The van der Waals surface area contributed by atoms with Gasteiger partial charge in [0.15, 0.2) is 0 Å². The number of rotatable bonds is 12. The molecule has 0 fully saturated rings. The van der Waals surface area contributed by atoms with Crippen LogP contribution in [0.4, 0.5) is 0 Å². The largest absolute Gasteiger partial charge is 0.480 e. The number of aliphatic carboxylic acids is 1. The Labute approximate surface area is 148 Å². The number of nitrogens with two attached hydrogens (primary N) is 2. The predicted octanol–water partition coefficient (Wildman–Crippen LogP) is -5.27. The Morgan fingerprint density at radius 3 is 2.00 bits per heavy atom. The smallest absolute Gasteiger partial charge is 0.328 e. The van der Waals surface area contributed by atoms with E-state index >= 15 is 0 Å². The molecule has 148 valence electrons. The average Bonchev–Trinajstić information content (AvgIpc) is 2.59. The molecule has 4 amide bonds. The molecule has 0 saturated heterocycles. The van der Waals surface area contributed by atoms with E-state index in [9.17, 15) is 24.0 Å². The Balaban J connectivity index is 4.74. The molecule has 3 unspecified atom stereocenters. The first-order valence-electron chi connectivity index (χ1n) is 7.48. The Kier molecular flexibility index (Phi) is 10.5. The van der Waals surface area contributed by atoms with Crippen molar-refractivity contribution in [3.05, 3.63) is 0 Å². The van der Waals surface area contributed by atoms with Crippen LogP contribution >= 0.6 is 0 Å². The lowest BCUT2D eigenvalue weighted by Crippen LogP contribution is -2.54. The van der Waals surface area contributed by atoms with E-state index in [2.05, 4.69) is 10.6 Å². The fourth-order valence-corrected chi connectivity index (χ4v) is 1.64. The zero-order valence-electron chi connectivity index (χ0n) is 13.8. The molecule has 0 spiro atoms. The Hall–Kier alpha value is -2.77. The van der Waals surface area contributed by atoms with Crippen LogP contribution in [0.5, 0.6) is 0 Å². The summed E-state index contributed by atoms with van der Waals surface area (Å²) in [5, 5.41) is 32.6. The Morgan fingerprint density at radius 2 is 1.54 bits per heavy atom. The van der Waals surface area contributed by atoms with Crippen molar-refractivity contribution in [1.82, 2.24) is 16.0 Å². The highest BCUT2D eigenvalue weighted by molar-refractivity contribution is 5.92. The van der Waals surface area contributed by atoms with Gasteiger partial charge in [0.05, 0.1) is 19.8 Å². The molecule has 13 nitrogen and oxygen atoms in total. The van der Waals surface area contributed by atoms with Crippen LogP contribution in [0.2, 0.25) is 0 Å². The second-order valence-corrected chi connectivity index (χ2v) is 5.21. The summed E-state index contributed by atoms with van der Waals surface area (Å²) >= 11 is 0. The lowest BCUT2D eigenvalue weighted by molar-refractivity contribution is -0.142. The number of primary amides is 1. The molecule has 0 aromatic rings. The maximum atomic E-state index is 12.1. The van der Waals surface area contributed by atoms with Crippen LogP contribution in [0, 0.1) is 0 Å². The number of carbonyl (C=O) groups excluding carboxylic acids is 4. The number of carboxylic acids is 1. The zero-order valence-corrected chi connectivity index (χ0v) is 13.8. The molecule has 0 heterocycles. The number of hydrogen-bond acceptors (Lipinski definition) is 8. The van der Waals surface area contributed by atoms with Crippen molar-refractivity contribution in [3.63, 3.8) is 0 Å². The number of hydrogen-bond donors (Lipinski definition) is 8. The van der Waals surface area contributed by atoms with Gasteiger partial charge in [-0.1, -0.05) is 0 Å². The van der Waals surface area contributed by atoms with Crippen LogP contribution in [0.25, 0.3) is 0 Å². The third-order valence-electron chi connectivity index (χ3n) is 3.08. The van der Waals surface area contributed by atoms with Crippen LogP contribution in [0.15, 0.2) is 0 Å². The van der Waals surface area contributed by atoms with E-state index in [1.165, 1.54) is 0 Å². The highest BCUT2D eigenvalue weighted by atomic mass is 16.4. The first kappa shape index (κ1) is 23.2. The van der Waals surface area contributed by atoms with Gasteiger partial charge < -0.3 is 42.7 Å². The minimum atomic E-state index is -1.53. The highest BCUT2D eigenvalue weighted by Gasteiger charge is 2.25. The quantitative estimate of drug-likeness (QED) is 0.162. The van der Waals surface area contributed by atoms with Gasteiger partial charge >= 0.3 is 5.97 Å². The van der Waals surface area contributed by atoms with Gasteiger partial charge in [-0.2, -0.15) is 0 Å². The molecular formula is C13H23N5O8. The molecule has 26 heavy (non-hydrogen) atoms. The first-order chi connectivity index (χ1) is 12.1. The summed E-state index contributed by atoms with van der Waals surface area (Å²) < 4.78 is 0. The number of amides is 4. The number of aliphatic hydroxyl groups is 2. The van der Waals surface area contributed by atoms with E-state index in [0.717, 1.165) is 0 Å². The monoisotopic (exact) mass is 377 g/mol. The van der Waals surface area contributed by atoms with Gasteiger partial charge in [0.25, 0.3) is 0 Å². The topological polar surface area (TPSA) is 234 Å². The van der Waals surface area contributed by atoms with Gasteiger partial charge in [-0.15, -0.1) is 0 Å². The average molecular weight is 377 g/mol. The van der Waals surface area contributed by atoms with Gasteiger partial charge in [0.2, 0.25) is 23.6 Å². The highest BCUT2D eigenvalue weighted by Crippen LogP contribution is 1.98. The predicted molar refractivity (Wildman–Crippen MR) is 85.1 cm³/mol. The van der Waals surface area contributed by atoms with Crippen LogP contribution < -0.4 is 27.4 Å². The fourth-order valence-electron chi connectivity index (χ4n) is 1.64. The van der Waals surface area contributed by atoms with E-state index in [-0.39, 0.29) is 12.8 Å². The minimum Gasteiger partial charge on any atom is -0.480 e. The maximum Gasteiger partial charge on any atom is 0.328 e. The molecule has 0 aliphatic rings. The van der Waals surface area contributed by atoms with Crippen molar-refractivity contribution in [3.8, 4) is 0 Å². The van der Waals surface area contributed by atoms with E-state index in [4.69, 9.17) is 26.8 Å². The molecule has 10 N–H and O–H groups in total. The Morgan fingerprint density at radius 1 is 0.923 bits per heavy atom. The van der Waals surface area contributed by atoms with Gasteiger partial charge in [-0.3, -0.25) is 19.2 Å². The molecule has 0 bridgehead atoms. The number of aliphatic hydroxyl groups excluding tert-OH is 2. The molecular weight excluding hydrogens is 354 g/mol. The van der Waals surface area contributed by atoms with Crippen LogP contribution in [-0.2, 0) is 24.0 Å². The Bertz CT molecular complexity index is 541. The van der Waals surface area contributed by atoms with Crippen molar-refractivity contribution >= 4 is 29.6 Å². The first-order valence-corrected chi connectivity index (χ1v) is 7.48. The molecule has 3 atom stereocenters. The number of carboxylic acid groups (broad SMARTS) is 1. The van der Waals surface area contributed by atoms with Gasteiger partial charge in [0.1, 0.15) is 18.1 Å². The fraction of sp³-hybridized carbons (Fsp3) is 0.615. The van der Waals surface area contributed by atoms with Gasteiger partial charge in [0, 0.05) is 6.42 Å². The van der Waals surface area contributed by atoms with E-state index in [0.29, 0.717) is 0 Å². The minimum absolute atomic E-state index is 0.179. The second kappa shape index (κ2) is 11.7. The number of nitrogens with one attached hydrogen (secondary N) is 3. The van der Waals surface area contributed by atoms with Crippen LogP contribution in [-0.4, -0.2) is 82.8 Å². The van der Waals surface area contributed by atoms with Gasteiger partial charge in [-0.25, -0.2) is 4.79 Å². The summed E-state index contributed by atoms with van der Waals surface area (Å²) in [6.07, 6.45) is -0.425. The summed E-state index contributed by atoms with van der Waals surface area (Å²) in [6.45, 7) is -2.15. The summed E-state index contributed by atoms with van der Waals surface area (Å²) in [4.78, 5) is 56.9. The summed E-state index contributed by atoms with van der Waals surface area (Å²) in [5.74, 6) is -4.79. The lowest BCUT2D eigenvalue weighted by Gasteiger charge is -2.20. The van der Waals surface area contributed by atoms with Gasteiger partial charge in [-0.05, 0) is 6.42 Å². The van der Waals surface area contributed by atoms with Crippen molar-refractivity contribution in [2.75, 3.05) is 19.8 Å². The SMILES string of the molecule is NC(=O)CCC(NC(=O)C(N)CO)C(=O)NCC(=O)NC(CO)C(=O)O. The number of carbonyl (C=O) groups is 5. The summed E-state index contributed by atoms with van der Waals surface area (Å²) in [6, 6.07) is -4.08. The molecule has 0 radical (unpaired) electrons. The maximum absolute atomic E-state index is 12.1. The van der Waals surface area contributed by atoms with Crippen molar-refractivity contribution < 1.29 is 39.3 Å². The molecule has 0 aliphatic carbocycles. The molecule has 0 aromatic carbocycles. The van der Waals surface area contributed by atoms with E-state index in [1.807, 2.05) is 5.32 Å². The lowest BCUT2D eigenvalue weighted by atomic mass is 10.1. The molecule has 0 rings (SSSR count). The van der Waals surface area contributed by atoms with Crippen molar-refractivity contribution in [1.29, 1.82) is 0 Å². The van der Waals surface area contributed by atoms with E-state index in [1.54, 1.807) is 0 Å². The van der Waals surface area contributed by atoms with Crippen molar-refractivity contribution in [2.45, 2.75) is 31.0 Å². The summed E-state index contributed by atoms with van der Waals surface area (Å²) in [5.41, 5.74) is 10.3. The van der Waals surface area contributed by atoms with Crippen LogP contribution in [0.3, 0.4) is 0 Å². The molecule has 0 aliphatic heterocycles. The van der Waals surface area contributed by atoms with E-state index < -0.39 is 67.5 Å². The van der Waals surface area contributed by atoms with Crippen molar-refractivity contribution in [2.24, 2.45) is 11.5 Å². The third-order valence-corrected chi connectivity index (χ3v) is 3.08. The molecule has 13 heteroatoms. The standard InChI is InChI=1S/C13H23N5O8/c14-6(4-19)11(23)18-7(1-2-9(15)21)12(24)16-3-10(22)17-8(5-20)13(25)26/h6-8,19-20H,1-5,14H2,(H2,15,21)(H,16,24)(H,17,22)(H,18,23)(H,25,26).